The molecule has 1 aromatic heterocycles. The fourth-order valence-corrected chi connectivity index (χ4v) is 4.19. The number of carbonyl (C=O) groups excluding carboxylic acids is 1. The van der Waals surface area contributed by atoms with Crippen molar-refractivity contribution in [2.75, 3.05) is 6.61 Å². The summed E-state index contributed by atoms with van der Waals surface area (Å²) in [5, 5.41) is 4.03. The molecule has 31 heavy (non-hydrogen) atoms. The van der Waals surface area contributed by atoms with E-state index in [1.54, 1.807) is 57.2 Å². The molecule has 2 aromatic carbocycles. The molecule has 1 heterocycles. The minimum absolute atomic E-state index is 0.0352. The molecule has 0 radical (unpaired) electrons. The van der Waals surface area contributed by atoms with Crippen molar-refractivity contribution in [1.82, 2.24) is 9.78 Å². The van der Waals surface area contributed by atoms with Gasteiger partial charge in [-0.05, 0) is 62.6 Å². The molecule has 0 saturated carbocycles. The van der Waals surface area contributed by atoms with Gasteiger partial charge in [-0.3, -0.25) is 4.79 Å². The highest BCUT2D eigenvalue weighted by molar-refractivity contribution is 7.87. The Morgan fingerprint density at radius 2 is 1.65 bits per heavy atom. The van der Waals surface area contributed by atoms with E-state index in [0.29, 0.717) is 11.3 Å². The van der Waals surface area contributed by atoms with E-state index in [2.05, 4.69) is 5.10 Å². The molecule has 8 nitrogen and oxygen atoms in total. The maximum atomic E-state index is 13.0. The lowest BCUT2D eigenvalue weighted by Gasteiger charge is -2.14. The molecule has 0 fully saturated rings. The van der Waals surface area contributed by atoms with Crippen LogP contribution in [0.15, 0.2) is 58.2 Å². The third kappa shape index (κ3) is 4.66. The van der Waals surface area contributed by atoms with Gasteiger partial charge in [-0.15, -0.1) is 0 Å². The highest BCUT2D eigenvalue weighted by Gasteiger charge is 2.27. The van der Waals surface area contributed by atoms with E-state index in [-0.39, 0.29) is 11.5 Å². The summed E-state index contributed by atoms with van der Waals surface area (Å²) in [6.45, 7) is 6.92. The summed E-state index contributed by atoms with van der Waals surface area (Å²) in [6, 6.07) is 12.5. The van der Waals surface area contributed by atoms with E-state index in [4.69, 9.17) is 8.92 Å². The molecule has 0 spiro atoms. The highest BCUT2D eigenvalue weighted by atomic mass is 32.2. The van der Waals surface area contributed by atoms with Crippen LogP contribution in [0, 0.1) is 20.8 Å². The molecule has 3 aromatic rings. The number of aromatic nitrogens is 2. The number of hydrogen-bond donors (Lipinski definition) is 0. The summed E-state index contributed by atoms with van der Waals surface area (Å²) < 4.78 is 37.1. The fraction of sp³-hybridized carbons (Fsp3) is 0.227. The van der Waals surface area contributed by atoms with E-state index < -0.39 is 33.1 Å². The van der Waals surface area contributed by atoms with E-state index in [1.807, 2.05) is 6.92 Å². The first-order chi connectivity index (χ1) is 14.6. The van der Waals surface area contributed by atoms with Crippen molar-refractivity contribution in [1.29, 1.82) is 0 Å². The van der Waals surface area contributed by atoms with Crippen LogP contribution in [-0.4, -0.2) is 30.8 Å². The Kier molecular flexibility index (Phi) is 6.26. The van der Waals surface area contributed by atoms with Crippen molar-refractivity contribution in [3.8, 4) is 11.4 Å². The zero-order valence-corrected chi connectivity index (χ0v) is 18.4. The molecule has 0 N–H and O–H groups in total. The molecule has 0 aliphatic rings. The number of ether oxygens (including phenoxy) is 1. The number of aryl methyl sites for hydroxylation is 3. The fourth-order valence-electron chi connectivity index (χ4n) is 2.97. The number of hydrogen-bond acceptors (Lipinski definition) is 7. The lowest BCUT2D eigenvalue weighted by atomic mass is 10.1. The van der Waals surface area contributed by atoms with Gasteiger partial charge in [0.1, 0.15) is 4.90 Å². The Labute approximate surface area is 180 Å². The Bertz CT molecular complexity index is 1300. The topological polar surface area (TPSA) is 105 Å². The second kappa shape index (κ2) is 8.73. The molecular weight excluding hydrogens is 420 g/mol. The van der Waals surface area contributed by atoms with Gasteiger partial charge in [-0.1, -0.05) is 24.3 Å². The molecule has 162 valence electrons. The molecule has 0 aliphatic carbocycles. The summed E-state index contributed by atoms with van der Waals surface area (Å²) in [7, 11) is -4.34. The second-order valence-corrected chi connectivity index (χ2v) is 8.42. The predicted octanol–water partition coefficient (Wildman–Crippen LogP) is 3.10. The minimum atomic E-state index is -4.34. The van der Waals surface area contributed by atoms with Gasteiger partial charge >= 0.3 is 16.1 Å². The van der Waals surface area contributed by atoms with Crippen molar-refractivity contribution in [3.63, 3.8) is 0 Å². The summed E-state index contributed by atoms with van der Waals surface area (Å²) in [5.74, 6) is -1.40. The van der Waals surface area contributed by atoms with Crippen LogP contribution in [0.5, 0.6) is 5.75 Å². The molecule has 0 aliphatic heterocycles. The normalized spacial score (nSPS) is 11.2. The van der Waals surface area contributed by atoms with Crippen molar-refractivity contribution in [2.24, 2.45) is 0 Å². The average molecular weight is 442 g/mol. The number of nitrogens with zero attached hydrogens (tertiary/aromatic N) is 2. The van der Waals surface area contributed by atoms with Gasteiger partial charge < -0.3 is 8.92 Å². The Balaban J connectivity index is 2.14. The maximum absolute atomic E-state index is 13.0. The van der Waals surface area contributed by atoms with E-state index in [9.17, 15) is 18.0 Å². The van der Waals surface area contributed by atoms with Gasteiger partial charge in [0.05, 0.1) is 18.4 Å². The number of rotatable bonds is 6. The standard InChI is InChI=1S/C22H22N2O6S/c1-5-29-22(26)21-18(13-20(25)24(23-21)17-9-7-6-8-10-17)30-31(27,28)19-12-15(3)14(2)11-16(19)4/h6-13H,5H2,1-4H3. The quantitative estimate of drug-likeness (QED) is 0.427. The van der Waals surface area contributed by atoms with E-state index >= 15 is 0 Å². The summed E-state index contributed by atoms with van der Waals surface area (Å²) in [6.07, 6.45) is 0. The van der Waals surface area contributed by atoms with Crippen molar-refractivity contribution < 1.29 is 22.1 Å². The first-order valence-electron chi connectivity index (χ1n) is 9.53. The van der Waals surface area contributed by atoms with Crippen LogP contribution in [0.4, 0.5) is 0 Å². The Morgan fingerprint density at radius 1 is 1.00 bits per heavy atom. The lowest BCUT2D eigenvalue weighted by Crippen LogP contribution is -2.26. The van der Waals surface area contributed by atoms with Crippen molar-refractivity contribution in [2.45, 2.75) is 32.6 Å². The molecule has 0 amide bonds. The molecule has 0 bridgehead atoms. The molecule has 0 atom stereocenters. The molecular formula is C22H22N2O6S. The van der Waals surface area contributed by atoms with Crippen LogP contribution in [0.2, 0.25) is 0 Å². The smallest absolute Gasteiger partial charge is 0.362 e. The highest BCUT2D eigenvalue weighted by Crippen LogP contribution is 2.25. The third-order valence-electron chi connectivity index (χ3n) is 4.63. The summed E-state index contributed by atoms with van der Waals surface area (Å²) >= 11 is 0. The third-order valence-corrected chi connectivity index (χ3v) is 6.00. The minimum Gasteiger partial charge on any atom is -0.461 e. The van der Waals surface area contributed by atoms with Gasteiger partial charge in [0.25, 0.3) is 5.56 Å². The SMILES string of the molecule is CCOC(=O)c1nn(-c2ccccc2)c(=O)cc1OS(=O)(=O)c1cc(C)c(C)cc1C. The van der Waals surface area contributed by atoms with Gasteiger partial charge in [0.2, 0.25) is 5.69 Å². The number of esters is 1. The van der Waals surface area contributed by atoms with Crippen LogP contribution in [-0.2, 0) is 14.9 Å². The first kappa shape index (κ1) is 22.2. The van der Waals surface area contributed by atoms with Gasteiger partial charge in [0.15, 0.2) is 5.75 Å². The van der Waals surface area contributed by atoms with Crippen LogP contribution < -0.4 is 9.74 Å². The van der Waals surface area contributed by atoms with Gasteiger partial charge in [-0.25, -0.2) is 4.79 Å². The molecule has 3 rings (SSSR count). The zero-order chi connectivity index (χ0) is 22.8. The number of carbonyl (C=O) groups is 1. The largest absolute Gasteiger partial charge is 0.461 e. The van der Waals surface area contributed by atoms with Crippen LogP contribution in [0.25, 0.3) is 5.69 Å². The van der Waals surface area contributed by atoms with Crippen LogP contribution in [0.1, 0.15) is 34.1 Å². The van der Waals surface area contributed by atoms with Crippen molar-refractivity contribution in [3.05, 3.63) is 81.3 Å². The summed E-state index contributed by atoms with van der Waals surface area (Å²) in [5.41, 5.74) is 1.48. The molecule has 9 heteroatoms. The lowest BCUT2D eigenvalue weighted by molar-refractivity contribution is 0.0515. The van der Waals surface area contributed by atoms with Gasteiger partial charge in [-0.2, -0.15) is 18.2 Å². The van der Waals surface area contributed by atoms with Gasteiger partial charge in [0, 0.05) is 0 Å². The number of benzene rings is 2. The van der Waals surface area contributed by atoms with E-state index in [1.165, 1.54) is 6.07 Å². The van der Waals surface area contributed by atoms with Crippen molar-refractivity contribution >= 4 is 16.1 Å². The monoisotopic (exact) mass is 442 g/mol. The van der Waals surface area contributed by atoms with Crippen LogP contribution >= 0.6 is 0 Å². The zero-order valence-electron chi connectivity index (χ0n) is 17.6. The molecule has 0 unspecified atom stereocenters. The molecule has 0 saturated heterocycles. The average Bonchev–Trinajstić information content (AvgIpc) is 2.71. The Morgan fingerprint density at radius 3 is 2.29 bits per heavy atom. The summed E-state index contributed by atoms with van der Waals surface area (Å²) in [4.78, 5) is 25.1. The second-order valence-electron chi connectivity index (χ2n) is 6.90. The van der Waals surface area contributed by atoms with E-state index in [0.717, 1.165) is 21.9 Å². The first-order valence-corrected chi connectivity index (χ1v) is 10.9. The number of para-hydroxylation sites is 1. The maximum Gasteiger partial charge on any atom is 0.362 e. The predicted molar refractivity (Wildman–Crippen MR) is 114 cm³/mol. The van der Waals surface area contributed by atoms with Crippen LogP contribution in [0.3, 0.4) is 0 Å². The Hall–Kier alpha value is -3.46.